The average Bonchev–Trinajstić information content (AvgIpc) is 2.96. The Labute approximate surface area is 123 Å². The quantitative estimate of drug-likeness (QED) is 0.508. The number of nitrogens with two attached hydrogens (primary N) is 1. The number of fused-ring (bicyclic) bond motifs is 1. The number of anilines is 3. The van der Waals surface area contributed by atoms with Crippen molar-refractivity contribution in [3.05, 3.63) is 41.0 Å². The number of hydrazine groups is 1. The van der Waals surface area contributed by atoms with Gasteiger partial charge in [0.25, 0.3) is 0 Å². The molecular weight excluding hydrogens is 291 g/mol. The summed E-state index contributed by atoms with van der Waals surface area (Å²) in [6, 6.07) is 8.04. The van der Waals surface area contributed by atoms with Crippen LogP contribution >= 0.6 is 11.3 Å². The van der Waals surface area contributed by atoms with Crippen LogP contribution in [0.2, 0.25) is 0 Å². The Morgan fingerprint density at radius 2 is 2.14 bits per heavy atom. The SMILES string of the molecule is N#Cc1c(F)cccc1Nc1nc(NN)nc2sccc12. The summed E-state index contributed by atoms with van der Waals surface area (Å²) in [6.45, 7) is 0. The molecule has 104 valence electrons. The predicted octanol–water partition coefficient (Wildman–Crippen LogP) is 2.73. The maximum atomic E-state index is 13.6. The topological polar surface area (TPSA) is 99.7 Å². The van der Waals surface area contributed by atoms with Crippen LogP contribution in [0.25, 0.3) is 10.2 Å². The van der Waals surface area contributed by atoms with Gasteiger partial charge in [-0.25, -0.2) is 15.2 Å². The molecule has 0 bridgehead atoms. The van der Waals surface area contributed by atoms with Crippen molar-refractivity contribution < 1.29 is 4.39 Å². The van der Waals surface area contributed by atoms with Gasteiger partial charge in [-0.3, -0.25) is 5.43 Å². The highest BCUT2D eigenvalue weighted by Crippen LogP contribution is 2.30. The number of benzene rings is 1. The van der Waals surface area contributed by atoms with E-state index in [9.17, 15) is 4.39 Å². The van der Waals surface area contributed by atoms with Crippen LogP contribution in [-0.4, -0.2) is 9.97 Å². The minimum atomic E-state index is -0.588. The number of hydrogen-bond acceptors (Lipinski definition) is 7. The molecular formula is C13H9FN6S. The van der Waals surface area contributed by atoms with Crippen molar-refractivity contribution in [1.29, 1.82) is 5.26 Å². The fourth-order valence-corrected chi connectivity index (χ4v) is 2.65. The smallest absolute Gasteiger partial charge is 0.240 e. The van der Waals surface area contributed by atoms with Crippen LogP contribution in [0, 0.1) is 17.1 Å². The van der Waals surface area contributed by atoms with E-state index in [1.54, 1.807) is 6.07 Å². The van der Waals surface area contributed by atoms with E-state index >= 15 is 0 Å². The molecule has 0 radical (unpaired) electrons. The van der Waals surface area contributed by atoms with Crippen molar-refractivity contribution in [2.45, 2.75) is 0 Å². The van der Waals surface area contributed by atoms with Gasteiger partial charge in [0, 0.05) is 0 Å². The fraction of sp³-hybridized carbons (Fsp3) is 0. The zero-order chi connectivity index (χ0) is 14.8. The summed E-state index contributed by atoms with van der Waals surface area (Å²) in [5.41, 5.74) is 2.65. The Morgan fingerprint density at radius 1 is 1.29 bits per heavy atom. The van der Waals surface area contributed by atoms with Crippen molar-refractivity contribution >= 4 is 39.0 Å². The molecule has 2 aromatic heterocycles. The van der Waals surface area contributed by atoms with Crippen molar-refractivity contribution in [1.82, 2.24) is 9.97 Å². The lowest BCUT2D eigenvalue weighted by Gasteiger charge is -2.10. The summed E-state index contributed by atoms with van der Waals surface area (Å²) in [7, 11) is 0. The molecule has 0 unspecified atom stereocenters. The maximum Gasteiger partial charge on any atom is 0.240 e. The van der Waals surface area contributed by atoms with E-state index in [0.717, 1.165) is 10.2 Å². The number of nitrogens with one attached hydrogen (secondary N) is 2. The van der Waals surface area contributed by atoms with Crippen LogP contribution in [-0.2, 0) is 0 Å². The highest BCUT2D eigenvalue weighted by molar-refractivity contribution is 7.16. The third-order valence-electron chi connectivity index (χ3n) is 2.83. The number of rotatable bonds is 3. The second kappa shape index (κ2) is 5.32. The minimum Gasteiger partial charge on any atom is -0.338 e. The molecule has 6 nitrogen and oxygen atoms in total. The summed E-state index contributed by atoms with van der Waals surface area (Å²) >= 11 is 1.43. The summed E-state index contributed by atoms with van der Waals surface area (Å²) in [5.74, 6) is 5.45. The fourth-order valence-electron chi connectivity index (χ4n) is 1.88. The highest BCUT2D eigenvalue weighted by atomic mass is 32.1. The van der Waals surface area contributed by atoms with Gasteiger partial charge in [-0.1, -0.05) is 6.07 Å². The largest absolute Gasteiger partial charge is 0.338 e. The van der Waals surface area contributed by atoms with Crippen molar-refractivity contribution in [2.24, 2.45) is 5.84 Å². The summed E-state index contributed by atoms with van der Waals surface area (Å²) in [5, 5.41) is 14.7. The van der Waals surface area contributed by atoms with E-state index < -0.39 is 5.82 Å². The number of nitriles is 1. The molecule has 0 saturated heterocycles. The summed E-state index contributed by atoms with van der Waals surface area (Å²) in [6.07, 6.45) is 0. The van der Waals surface area contributed by atoms with Gasteiger partial charge in [0.2, 0.25) is 5.95 Å². The molecule has 3 rings (SSSR count). The number of halogens is 1. The second-order valence-electron chi connectivity index (χ2n) is 4.08. The first-order valence-electron chi connectivity index (χ1n) is 5.90. The zero-order valence-electron chi connectivity index (χ0n) is 10.6. The molecule has 0 spiro atoms. The third kappa shape index (κ3) is 2.35. The molecule has 0 atom stereocenters. The van der Waals surface area contributed by atoms with Crippen molar-refractivity contribution in [3.8, 4) is 6.07 Å². The molecule has 0 amide bonds. The molecule has 0 aliphatic heterocycles. The number of nitrogens with zero attached hydrogens (tertiary/aromatic N) is 3. The van der Waals surface area contributed by atoms with Gasteiger partial charge in [-0.2, -0.15) is 10.2 Å². The molecule has 2 heterocycles. The van der Waals surface area contributed by atoms with E-state index in [0.29, 0.717) is 11.5 Å². The monoisotopic (exact) mass is 300 g/mol. The Balaban J connectivity index is 2.12. The van der Waals surface area contributed by atoms with Crippen LogP contribution in [0.5, 0.6) is 0 Å². The standard InChI is InChI=1S/C13H9FN6S/c14-9-2-1-3-10(8(9)6-15)17-11-7-4-5-21-12(7)19-13(18-11)20-16/h1-5H,16H2,(H2,17,18,19,20). The van der Waals surface area contributed by atoms with Gasteiger partial charge >= 0.3 is 0 Å². The molecule has 0 saturated carbocycles. The van der Waals surface area contributed by atoms with E-state index in [4.69, 9.17) is 11.1 Å². The van der Waals surface area contributed by atoms with Crippen LogP contribution in [0.1, 0.15) is 5.56 Å². The van der Waals surface area contributed by atoms with Crippen molar-refractivity contribution in [3.63, 3.8) is 0 Å². The van der Waals surface area contributed by atoms with E-state index in [1.807, 2.05) is 17.5 Å². The minimum absolute atomic E-state index is 0.0678. The number of nitrogen functional groups attached to an aromatic ring is 1. The van der Waals surface area contributed by atoms with E-state index in [-0.39, 0.29) is 11.5 Å². The lowest BCUT2D eigenvalue weighted by atomic mass is 10.2. The van der Waals surface area contributed by atoms with Gasteiger partial charge in [0.05, 0.1) is 11.1 Å². The normalized spacial score (nSPS) is 10.3. The summed E-state index contributed by atoms with van der Waals surface area (Å²) in [4.78, 5) is 9.15. The van der Waals surface area contributed by atoms with Crippen LogP contribution in [0.4, 0.5) is 21.8 Å². The van der Waals surface area contributed by atoms with Crippen LogP contribution in [0.3, 0.4) is 0 Å². The maximum absolute atomic E-state index is 13.6. The zero-order valence-corrected chi connectivity index (χ0v) is 11.4. The predicted molar refractivity (Wildman–Crippen MR) is 79.6 cm³/mol. The molecule has 4 N–H and O–H groups in total. The Kier molecular flexibility index (Phi) is 3.35. The van der Waals surface area contributed by atoms with E-state index in [2.05, 4.69) is 20.7 Å². The van der Waals surface area contributed by atoms with Crippen molar-refractivity contribution in [2.75, 3.05) is 10.7 Å². The average molecular weight is 300 g/mol. The molecule has 0 aliphatic rings. The first-order valence-corrected chi connectivity index (χ1v) is 6.78. The molecule has 1 aromatic carbocycles. The highest BCUT2D eigenvalue weighted by Gasteiger charge is 2.12. The third-order valence-corrected chi connectivity index (χ3v) is 3.64. The first kappa shape index (κ1) is 13.2. The van der Waals surface area contributed by atoms with Gasteiger partial charge in [0.15, 0.2) is 0 Å². The number of hydrogen-bond donors (Lipinski definition) is 3. The number of aromatic nitrogens is 2. The van der Waals surface area contributed by atoms with Gasteiger partial charge < -0.3 is 5.32 Å². The summed E-state index contributed by atoms with van der Waals surface area (Å²) < 4.78 is 13.6. The Hall–Kier alpha value is -2.76. The van der Waals surface area contributed by atoms with E-state index in [1.165, 1.54) is 23.5 Å². The molecule has 0 fully saturated rings. The molecule has 8 heteroatoms. The van der Waals surface area contributed by atoms with Gasteiger partial charge in [0.1, 0.15) is 28.1 Å². The molecule has 21 heavy (non-hydrogen) atoms. The Morgan fingerprint density at radius 3 is 2.90 bits per heavy atom. The lowest BCUT2D eigenvalue weighted by molar-refractivity contribution is 0.624. The molecule has 3 aromatic rings. The molecule has 0 aliphatic carbocycles. The van der Waals surface area contributed by atoms with Crippen LogP contribution < -0.4 is 16.6 Å². The number of thiophene rings is 1. The first-order chi connectivity index (χ1) is 10.2. The van der Waals surface area contributed by atoms with Gasteiger partial charge in [-0.15, -0.1) is 11.3 Å². The van der Waals surface area contributed by atoms with Gasteiger partial charge in [-0.05, 0) is 23.6 Å². The second-order valence-corrected chi connectivity index (χ2v) is 4.97. The lowest BCUT2D eigenvalue weighted by Crippen LogP contribution is -2.11. The van der Waals surface area contributed by atoms with Crippen LogP contribution in [0.15, 0.2) is 29.6 Å². The Bertz CT molecular complexity index is 853.